The van der Waals surface area contributed by atoms with Crippen LogP contribution in [0.2, 0.25) is 0 Å². The van der Waals surface area contributed by atoms with Crippen LogP contribution in [0.5, 0.6) is 0 Å². The van der Waals surface area contributed by atoms with Crippen LogP contribution in [0.15, 0.2) is 58.7 Å². The van der Waals surface area contributed by atoms with E-state index in [9.17, 15) is 15.0 Å². The van der Waals surface area contributed by atoms with Gasteiger partial charge in [-0.25, -0.2) is 0 Å². The highest BCUT2D eigenvalue weighted by atomic mass is 16.7. The van der Waals surface area contributed by atoms with E-state index in [1.165, 1.54) is 11.1 Å². The van der Waals surface area contributed by atoms with Gasteiger partial charge in [-0.2, -0.15) is 0 Å². The predicted molar refractivity (Wildman–Crippen MR) is 157 cm³/mol. The molecule has 3 fully saturated rings. The first-order chi connectivity index (χ1) is 19.5. The Morgan fingerprint density at radius 2 is 1.95 bits per heavy atom. The Bertz CT molecular complexity index is 1160. The lowest BCUT2D eigenvalue weighted by Gasteiger charge is -2.50. The molecule has 3 saturated heterocycles. The maximum atomic E-state index is 14.0. The number of rotatable bonds is 1. The fourth-order valence-electron chi connectivity index (χ4n) is 7.37. The van der Waals surface area contributed by atoms with Gasteiger partial charge in [-0.1, -0.05) is 55.9 Å². The molecule has 2 N–H and O–H groups in total. The van der Waals surface area contributed by atoms with E-state index < -0.39 is 41.6 Å². The molecule has 1 aliphatic carbocycles. The highest BCUT2D eigenvalue weighted by Crippen LogP contribution is 2.47. The van der Waals surface area contributed by atoms with Crippen LogP contribution in [-0.4, -0.2) is 64.7 Å². The van der Waals surface area contributed by atoms with Gasteiger partial charge < -0.3 is 29.2 Å². The molecule has 10 atom stereocenters. The third kappa shape index (κ3) is 5.94. The smallest absolute Gasteiger partial charge is 0.316 e. The van der Waals surface area contributed by atoms with Crippen LogP contribution in [0.25, 0.3) is 0 Å². The molecule has 0 aromatic heterocycles. The largest absolute Gasteiger partial charge is 0.462 e. The average molecular weight is 569 g/mol. The first-order valence-corrected chi connectivity index (χ1v) is 15.4. The summed E-state index contributed by atoms with van der Waals surface area (Å²) in [6.45, 7) is 12.6. The molecule has 0 saturated carbocycles. The molecule has 0 aromatic carbocycles. The Hall–Kier alpha value is -2.03. The summed E-state index contributed by atoms with van der Waals surface area (Å²) in [5, 5.41) is 23.0. The number of hydrogen-bond donors (Lipinski definition) is 2. The summed E-state index contributed by atoms with van der Waals surface area (Å²) in [6, 6.07) is 0. The van der Waals surface area contributed by atoms with E-state index in [1.54, 1.807) is 13.0 Å². The fourth-order valence-corrected chi connectivity index (χ4v) is 7.37. The minimum atomic E-state index is -1.69. The van der Waals surface area contributed by atoms with E-state index in [0.717, 1.165) is 19.3 Å². The molecule has 0 aromatic rings. The van der Waals surface area contributed by atoms with Crippen LogP contribution >= 0.6 is 0 Å². The van der Waals surface area contributed by atoms with Gasteiger partial charge in [0, 0.05) is 19.3 Å². The van der Waals surface area contributed by atoms with Crippen LogP contribution in [0.4, 0.5) is 0 Å². The minimum Gasteiger partial charge on any atom is -0.462 e. The Kier molecular flexibility index (Phi) is 8.85. The molecule has 7 heteroatoms. The van der Waals surface area contributed by atoms with E-state index in [1.807, 2.05) is 19.1 Å². The first-order valence-electron chi connectivity index (χ1n) is 15.4. The highest BCUT2D eigenvalue weighted by molar-refractivity contribution is 5.78. The zero-order chi connectivity index (χ0) is 29.5. The van der Waals surface area contributed by atoms with Crippen molar-refractivity contribution in [1.82, 2.24) is 0 Å². The molecule has 0 amide bonds. The van der Waals surface area contributed by atoms with Gasteiger partial charge in [-0.05, 0) is 75.5 Å². The number of aliphatic hydroxyl groups excluding tert-OH is 1. The van der Waals surface area contributed by atoms with Crippen molar-refractivity contribution in [2.75, 3.05) is 6.61 Å². The van der Waals surface area contributed by atoms with Crippen molar-refractivity contribution in [1.29, 1.82) is 0 Å². The minimum absolute atomic E-state index is 0.0538. The molecule has 1 spiro atoms. The van der Waals surface area contributed by atoms with Crippen molar-refractivity contribution in [3.8, 4) is 0 Å². The van der Waals surface area contributed by atoms with Crippen molar-refractivity contribution in [3.05, 3.63) is 58.7 Å². The standard InChI is InChI=1S/C34H48O7/c1-7-22(4)30-23(5)13-14-33(41-30)18-27-17-26(40-33)12-11-21(3)15-20(2)9-8-10-25-19-38-31-29(35)24(6)16-28(32(36)39-27)34(25,31)37/h7-11,16,20,23,26-31,35,37H,12-15,17-19H2,1-6H3/b9-8-,21-11-,22-7+,25-10-/t20-,23-,26-,27+,28+,29+,30+,31+,33-,34+/m0/s1. The third-order valence-electron chi connectivity index (χ3n) is 9.86. The van der Waals surface area contributed by atoms with Gasteiger partial charge in [0.05, 0.1) is 18.8 Å². The van der Waals surface area contributed by atoms with Crippen molar-refractivity contribution >= 4 is 5.97 Å². The van der Waals surface area contributed by atoms with E-state index in [4.69, 9.17) is 18.9 Å². The number of fused-ring (bicyclic) bond motifs is 2. The molecular formula is C34H48O7. The number of allylic oxidation sites excluding steroid dienone is 5. The number of ether oxygens (including phenoxy) is 4. The predicted octanol–water partition coefficient (Wildman–Crippen LogP) is 5.48. The van der Waals surface area contributed by atoms with Crippen LogP contribution in [0.3, 0.4) is 0 Å². The second kappa shape index (κ2) is 11.9. The number of carbonyl (C=O) groups is 1. The van der Waals surface area contributed by atoms with Crippen molar-refractivity contribution < 1.29 is 34.0 Å². The molecule has 4 heterocycles. The Morgan fingerprint density at radius 3 is 2.71 bits per heavy atom. The summed E-state index contributed by atoms with van der Waals surface area (Å²) < 4.78 is 25.7. The van der Waals surface area contributed by atoms with Crippen molar-refractivity contribution in [2.24, 2.45) is 17.8 Å². The van der Waals surface area contributed by atoms with E-state index in [0.29, 0.717) is 36.3 Å². The quantitative estimate of drug-likeness (QED) is 0.320. The zero-order valence-corrected chi connectivity index (χ0v) is 25.5. The first kappa shape index (κ1) is 30.4. The third-order valence-corrected chi connectivity index (χ3v) is 9.86. The maximum absolute atomic E-state index is 14.0. The van der Waals surface area contributed by atoms with Gasteiger partial charge in [0.1, 0.15) is 29.8 Å². The van der Waals surface area contributed by atoms with Crippen LogP contribution in [-0.2, 0) is 23.7 Å². The molecule has 0 unspecified atom stereocenters. The molecule has 5 aliphatic rings. The monoisotopic (exact) mass is 568 g/mol. The van der Waals surface area contributed by atoms with Crippen LogP contribution in [0, 0.1) is 17.8 Å². The molecule has 0 radical (unpaired) electrons. The maximum Gasteiger partial charge on any atom is 0.316 e. The fraction of sp³-hybridized carbons (Fsp3) is 0.676. The number of aliphatic hydroxyl groups is 2. The lowest BCUT2D eigenvalue weighted by Crippen LogP contribution is -2.58. The SMILES string of the molecule is C/C=C(\C)[C@H]1O[C@@]2(CC[C@@H]1C)C[C@H]1C[C@H](C/C=C(/C)C[C@@H](C)/C=C\C=C3\CO[C@@H]4[C@H](O)C(C)=C[C@H](C(=O)O1)[C@]34O)O2. The van der Waals surface area contributed by atoms with Gasteiger partial charge in [0.15, 0.2) is 5.79 Å². The highest BCUT2D eigenvalue weighted by Gasteiger charge is 2.60. The average Bonchev–Trinajstić information content (AvgIpc) is 3.27. The Labute approximate surface area is 245 Å². The summed E-state index contributed by atoms with van der Waals surface area (Å²) in [5.74, 6) is -1.70. The van der Waals surface area contributed by atoms with Gasteiger partial charge in [0.25, 0.3) is 0 Å². The van der Waals surface area contributed by atoms with Crippen molar-refractivity contribution in [3.63, 3.8) is 0 Å². The molecule has 2 bridgehead atoms. The topological polar surface area (TPSA) is 94.5 Å². The molecule has 226 valence electrons. The zero-order valence-electron chi connectivity index (χ0n) is 25.5. The molecular weight excluding hydrogens is 520 g/mol. The van der Waals surface area contributed by atoms with Crippen molar-refractivity contribution in [2.45, 2.75) is 122 Å². The summed E-state index contributed by atoms with van der Waals surface area (Å²) in [7, 11) is 0. The van der Waals surface area contributed by atoms with Crippen LogP contribution in [0.1, 0.15) is 80.1 Å². The molecule has 41 heavy (non-hydrogen) atoms. The van der Waals surface area contributed by atoms with Gasteiger partial charge >= 0.3 is 5.97 Å². The van der Waals surface area contributed by atoms with E-state index >= 15 is 0 Å². The Balaban J connectivity index is 1.51. The second-order valence-electron chi connectivity index (χ2n) is 13.2. The summed E-state index contributed by atoms with van der Waals surface area (Å²) in [6.07, 6.45) is 13.6. The summed E-state index contributed by atoms with van der Waals surface area (Å²) in [5.41, 5.74) is 1.93. The van der Waals surface area contributed by atoms with Gasteiger partial charge in [-0.3, -0.25) is 4.79 Å². The normalized spacial score (nSPS) is 47.4. The molecule has 4 aliphatic heterocycles. The van der Waals surface area contributed by atoms with Crippen LogP contribution < -0.4 is 0 Å². The molecule has 5 rings (SSSR count). The summed E-state index contributed by atoms with van der Waals surface area (Å²) in [4.78, 5) is 14.0. The van der Waals surface area contributed by atoms with Gasteiger partial charge in [-0.15, -0.1) is 0 Å². The summed E-state index contributed by atoms with van der Waals surface area (Å²) >= 11 is 0. The lowest BCUT2D eigenvalue weighted by atomic mass is 9.71. The van der Waals surface area contributed by atoms with E-state index in [2.05, 4.69) is 45.9 Å². The number of esters is 1. The number of carbonyl (C=O) groups excluding carboxylic acids is 1. The Morgan fingerprint density at radius 1 is 1.17 bits per heavy atom. The van der Waals surface area contributed by atoms with Gasteiger partial charge in [0.2, 0.25) is 0 Å². The van der Waals surface area contributed by atoms with E-state index in [-0.39, 0.29) is 24.7 Å². The number of hydrogen-bond acceptors (Lipinski definition) is 7. The second-order valence-corrected chi connectivity index (χ2v) is 13.2. The lowest BCUT2D eigenvalue weighted by molar-refractivity contribution is -0.329. The molecule has 7 nitrogen and oxygen atoms in total.